The van der Waals surface area contributed by atoms with Gasteiger partial charge < -0.3 is 18.3 Å². The van der Waals surface area contributed by atoms with Crippen LogP contribution in [0.4, 0.5) is 0 Å². The van der Waals surface area contributed by atoms with Gasteiger partial charge in [-0.05, 0) is 38.8 Å². The molecule has 1 aromatic heterocycles. The van der Waals surface area contributed by atoms with Crippen LogP contribution in [-0.2, 0) is 19.7 Å². The summed E-state index contributed by atoms with van der Waals surface area (Å²) in [6.45, 7) is 7.86. The topological polar surface area (TPSA) is 43.5 Å². The van der Waals surface area contributed by atoms with Gasteiger partial charge in [-0.25, -0.2) is 0 Å². The average Bonchev–Trinajstić information content (AvgIpc) is 2.80. The number of hydrogen-bond acceptors (Lipinski definition) is 3. The standard InChI is InChI=1S/C12H23NO3Si/c1-4-14-17(15-5-2,16-6-3)10-8-12-7-9-13-11-12/h7,9,11,13H,4-6,8,10H2,1-3H3. The van der Waals surface area contributed by atoms with Crippen molar-refractivity contribution < 1.29 is 13.3 Å². The molecule has 0 aliphatic rings. The Hall–Kier alpha value is -0.623. The van der Waals surface area contributed by atoms with Crippen LogP contribution < -0.4 is 0 Å². The zero-order valence-corrected chi connectivity index (χ0v) is 12.0. The molecule has 0 aromatic carbocycles. The Bertz CT molecular complexity index is 273. The van der Waals surface area contributed by atoms with E-state index < -0.39 is 8.80 Å². The molecule has 1 heterocycles. The largest absolute Gasteiger partial charge is 0.501 e. The van der Waals surface area contributed by atoms with Crippen LogP contribution in [0.1, 0.15) is 26.3 Å². The Kier molecular flexibility index (Phi) is 6.50. The molecule has 0 fully saturated rings. The molecule has 0 amide bonds. The summed E-state index contributed by atoms with van der Waals surface area (Å²) in [7, 11) is -2.47. The van der Waals surface area contributed by atoms with Gasteiger partial charge in [0.1, 0.15) is 0 Å². The fraction of sp³-hybridized carbons (Fsp3) is 0.667. The Morgan fingerprint density at radius 2 is 1.65 bits per heavy atom. The highest BCUT2D eigenvalue weighted by Crippen LogP contribution is 2.19. The summed E-state index contributed by atoms with van der Waals surface area (Å²) in [4.78, 5) is 3.05. The molecule has 0 aliphatic heterocycles. The van der Waals surface area contributed by atoms with E-state index in [9.17, 15) is 0 Å². The molecule has 0 saturated heterocycles. The minimum atomic E-state index is -2.47. The van der Waals surface area contributed by atoms with E-state index in [4.69, 9.17) is 13.3 Å². The first-order valence-electron chi connectivity index (χ1n) is 6.29. The van der Waals surface area contributed by atoms with Crippen molar-refractivity contribution in [2.24, 2.45) is 0 Å². The predicted molar refractivity (Wildman–Crippen MR) is 69.9 cm³/mol. The third-order valence-corrected chi connectivity index (χ3v) is 5.52. The van der Waals surface area contributed by atoms with Crippen LogP contribution in [0.3, 0.4) is 0 Å². The van der Waals surface area contributed by atoms with Crippen LogP contribution in [0.2, 0.25) is 6.04 Å². The molecule has 0 aliphatic carbocycles. The van der Waals surface area contributed by atoms with Crippen molar-refractivity contribution in [3.05, 3.63) is 24.0 Å². The predicted octanol–water partition coefficient (Wildman–Crippen LogP) is 2.61. The molecule has 0 spiro atoms. The Morgan fingerprint density at radius 1 is 1.06 bits per heavy atom. The Morgan fingerprint density at radius 3 is 2.06 bits per heavy atom. The lowest BCUT2D eigenvalue weighted by Gasteiger charge is -2.28. The highest BCUT2D eigenvalue weighted by atomic mass is 28.4. The summed E-state index contributed by atoms with van der Waals surface area (Å²) in [5, 5.41) is 0. The molecule has 98 valence electrons. The fourth-order valence-electron chi connectivity index (χ4n) is 1.81. The highest BCUT2D eigenvalue weighted by Gasteiger charge is 2.39. The van der Waals surface area contributed by atoms with Gasteiger partial charge in [-0.15, -0.1) is 0 Å². The van der Waals surface area contributed by atoms with Crippen molar-refractivity contribution in [3.63, 3.8) is 0 Å². The second-order valence-electron chi connectivity index (χ2n) is 3.70. The number of H-pyrrole nitrogens is 1. The zero-order chi connectivity index (χ0) is 12.6. The SMILES string of the molecule is CCO[Si](CCc1cc[nH]c1)(OCC)OCC. The Labute approximate surface area is 105 Å². The van der Waals surface area contributed by atoms with Crippen molar-refractivity contribution >= 4 is 8.80 Å². The van der Waals surface area contributed by atoms with Gasteiger partial charge in [-0.2, -0.15) is 0 Å². The monoisotopic (exact) mass is 257 g/mol. The van der Waals surface area contributed by atoms with E-state index in [2.05, 4.69) is 11.1 Å². The van der Waals surface area contributed by atoms with Crippen LogP contribution in [0.25, 0.3) is 0 Å². The van der Waals surface area contributed by atoms with Gasteiger partial charge in [-0.1, -0.05) is 0 Å². The van der Waals surface area contributed by atoms with Crippen molar-refractivity contribution in [3.8, 4) is 0 Å². The second-order valence-corrected chi connectivity index (χ2v) is 6.43. The van der Waals surface area contributed by atoms with E-state index >= 15 is 0 Å². The molecule has 0 saturated carbocycles. The number of nitrogens with one attached hydrogen (secondary N) is 1. The molecule has 0 radical (unpaired) electrons. The van der Waals surface area contributed by atoms with E-state index in [1.54, 1.807) is 0 Å². The lowest BCUT2D eigenvalue weighted by Crippen LogP contribution is -2.46. The summed E-state index contributed by atoms with van der Waals surface area (Å²) in [5.41, 5.74) is 1.26. The quantitative estimate of drug-likeness (QED) is 0.692. The first-order chi connectivity index (χ1) is 8.26. The van der Waals surface area contributed by atoms with Crippen LogP contribution in [-0.4, -0.2) is 33.6 Å². The number of aryl methyl sites for hydroxylation is 1. The normalized spacial score (nSPS) is 11.9. The van der Waals surface area contributed by atoms with Crippen LogP contribution >= 0.6 is 0 Å². The van der Waals surface area contributed by atoms with E-state index in [1.807, 2.05) is 33.2 Å². The highest BCUT2D eigenvalue weighted by molar-refractivity contribution is 6.60. The maximum absolute atomic E-state index is 5.79. The molecule has 0 unspecified atom stereocenters. The van der Waals surface area contributed by atoms with Gasteiger partial charge in [0.25, 0.3) is 0 Å². The molecule has 1 aromatic rings. The van der Waals surface area contributed by atoms with E-state index in [-0.39, 0.29) is 0 Å². The minimum absolute atomic E-state index is 0.638. The molecular weight excluding hydrogens is 234 g/mol. The molecule has 0 bridgehead atoms. The van der Waals surface area contributed by atoms with Gasteiger partial charge in [0.15, 0.2) is 0 Å². The lowest BCUT2D eigenvalue weighted by molar-refractivity contribution is 0.0714. The molecule has 1 rings (SSSR count). The third kappa shape index (κ3) is 4.63. The summed E-state index contributed by atoms with van der Waals surface area (Å²) in [6.07, 6.45) is 4.86. The number of aromatic amines is 1. The second kappa shape index (κ2) is 7.65. The maximum atomic E-state index is 5.79. The summed E-state index contributed by atoms with van der Waals surface area (Å²) >= 11 is 0. The van der Waals surface area contributed by atoms with Crippen molar-refractivity contribution in [2.45, 2.75) is 33.2 Å². The Balaban J connectivity index is 2.59. The molecular formula is C12H23NO3Si. The van der Waals surface area contributed by atoms with Gasteiger partial charge >= 0.3 is 8.80 Å². The maximum Gasteiger partial charge on any atom is 0.501 e. The van der Waals surface area contributed by atoms with Crippen LogP contribution in [0.15, 0.2) is 18.5 Å². The number of hydrogen-bond donors (Lipinski definition) is 1. The molecule has 5 heteroatoms. The first kappa shape index (κ1) is 14.4. The van der Waals surface area contributed by atoms with Gasteiger partial charge in [-0.3, -0.25) is 0 Å². The molecule has 4 nitrogen and oxygen atoms in total. The smallest absolute Gasteiger partial charge is 0.374 e. The van der Waals surface area contributed by atoms with Gasteiger partial charge in [0.2, 0.25) is 0 Å². The molecule has 17 heavy (non-hydrogen) atoms. The minimum Gasteiger partial charge on any atom is -0.374 e. The summed E-state index contributed by atoms with van der Waals surface area (Å²) in [6, 6.07) is 2.91. The average molecular weight is 257 g/mol. The zero-order valence-electron chi connectivity index (χ0n) is 11.0. The summed E-state index contributed by atoms with van der Waals surface area (Å²) in [5.74, 6) is 0. The van der Waals surface area contributed by atoms with Gasteiger partial charge in [0, 0.05) is 38.3 Å². The van der Waals surface area contributed by atoms with Gasteiger partial charge in [0.05, 0.1) is 0 Å². The first-order valence-corrected chi connectivity index (χ1v) is 8.23. The van der Waals surface area contributed by atoms with Crippen molar-refractivity contribution in [1.82, 2.24) is 4.98 Å². The molecule has 1 N–H and O–H groups in total. The number of aromatic nitrogens is 1. The lowest BCUT2D eigenvalue weighted by atomic mass is 10.3. The van der Waals surface area contributed by atoms with Crippen molar-refractivity contribution in [1.29, 1.82) is 0 Å². The fourth-order valence-corrected chi connectivity index (χ4v) is 4.41. The van der Waals surface area contributed by atoms with E-state index in [1.165, 1.54) is 5.56 Å². The van der Waals surface area contributed by atoms with Crippen LogP contribution in [0, 0.1) is 0 Å². The number of rotatable bonds is 9. The van der Waals surface area contributed by atoms with Crippen molar-refractivity contribution in [2.75, 3.05) is 19.8 Å². The van der Waals surface area contributed by atoms with E-state index in [0.29, 0.717) is 19.8 Å². The third-order valence-electron chi connectivity index (χ3n) is 2.47. The van der Waals surface area contributed by atoms with Crippen LogP contribution in [0.5, 0.6) is 0 Å². The molecule has 0 atom stereocenters. The summed E-state index contributed by atoms with van der Waals surface area (Å²) < 4.78 is 17.4. The van der Waals surface area contributed by atoms with E-state index in [0.717, 1.165) is 12.5 Å².